The average molecular weight is 264 g/mol. The molecule has 0 spiro atoms. The Morgan fingerprint density at radius 3 is 2.89 bits per heavy atom. The molecule has 5 heteroatoms. The SMILES string of the molecule is Nc1ccc(C(=O)NCCc2cccs2)c(F)c1. The molecule has 2 rings (SSSR count). The van der Waals surface area contributed by atoms with Gasteiger partial charge in [-0.05, 0) is 36.1 Å². The van der Waals surface area contributed by atoms with E-state index in [1.807, 2.05) is 17.5 Å². The molecule has 94 valence electrons. The van der Waals surface area contributed by atoms with E-state index in [1.54, 1.807) is 11.3 Å². The van der Waals surface area contributed by atoms with E-state index in [0.717, 1.165) is 12.5 Å². The van der Waals surface area contributed by atoms with Crippen LogP contribution in [0.3, 0.4) is 0 Å². The molecule has 3 nitrogen and oxygen atoms in total. The second-order valence-corrected chi connectivity index (χ2v) is 4.86. The molecular weight excluding hydrogens is 251 g/mol. The molecule has 0 radical (unpaired) electrons. The van der Waals surface area contributed by atoms with Crippen molar-refractivity contribution < 1.29 is 9.18 Å². The predicted octanol–water partition coefficient (Wildman–Crippen LogP) is 2.44. The maximum absolute atomic E-state index is 13.5. The van der Waals surface area contributed by atoms with Crippen LogP contribution >= 0.6 is 11.3 Å². The lowest BCUT2D eigenvalue weighted by molar-refractivity contribution is 0.0950. The highest BCUT2D eigenvalue weighted by Gasteiger charge is 2.11. The summed E-state index contributed by atoms with van der Waals surface area (Å²) in [7, 11) is 0. The Bertz CT molecular complexity index is 540. The number of nitrogens with one attached hydrogen (secondary N) is 1. The fourth-order valence-electron chi connectivity index (χ4n) is 1.56. The Hall–Kier alpha value is -1.88. The van der Waals surface area contributed by atoms with Gasteiger partial charge in [0, 0.05) is 17.1 Å². The molecule has 0 bridgehead atoms. The highest BCUT2D eigenvalue weighted by atomic mass is 32.1. The minimum Gasteiger partial charge on any atom is -0.399 e. The summed E-state index contributed by atoms with van der Waals surface area (Å²) in [6.45, 7) is 0.489. The van der Waals surface area contributed by atoms with Gasteiger partial charge >= 0.3 is 0 Å². The number of benzene rings is 1. The van der Waals surface area contributed by atoms with Crippen LogP contribution in [-0.2, 0) is 6.42 Å². The largest absolute Gasteiger partial charge is 0.399 e. The van der Waals surface area contributed by atoms with E-state index in [1.165, 1.54) is 17.0 Å². The van der Waals surface area contributed by atoms with E-state index in [4.69, 9.17) is 5.73 Å². The average Bonchev–Trinajstić information content (AvgIpc) is 2.81. The molecule has 0 aliphatic carbocycles. The molecule has 0 unspecified atom stereocenters. The van der Waals surface area contributed by atoms with Gasteiger partial charge in [0.15, 0.2) is 0 Å². The zero-order valence-corrected chi connectivity index (χ0v) is 10.5. The van der Waals surface area contributed by atoms with Gasteiger partial charge in [0.05, 0.1) is 5.56 Å². The molecule has 0 aliphatic heterocycles. The molecule has 2 aromatic rings. The van der Waals surface area contributed by atoms with Gasteiger partial charge in [0.1, 0.15) is 5.82 Å². The van der Waals surface area contributed by atoms with Crippen LogP contribution in [0, 0.1) is 5.82 Å². The van der Waals surface area contributed by atoms with Crippen molar-refractivity contribution in [2.45, 2.75) is 6.42 Å². The lowest BCUT2D eigenvalue weighted by atomic mass is 10.2. The van der Waals surface area contributed by atoms with Crippen molar-refractivity contribution in [3.05, 3.63) is 52.0 Å². The summed E-state index contributed by atoms with van der Waals surface area (Å²) in [6, 6.07) is 8.01. The van der Waals surface area contributed by atoms with Crippen LogP contribution in [-0.4, -0.2) is 12.5 Å². The minimum absolute atomic E-state index is 0.0235. The van der Waals surface area contributed by atoms with Crippen LogP contribution in [0.15, 0.2) is 35.7 Å². The van der Waals surface area contributed by atoms with E-state index in [-0.39, 0.29) is 5.56 Å². The number of thiophene rings is 1. The van der Waals surface area contributed by atoms with Gasteiger partial charge in [0.2, 0.25) is 0 Å². The summed E-state index contributed by atoms with van der Waals surface area (Å²) in [4.78, 5) is 12.9. The molecule has 0 aliphatic rings. The Labute approximate surface area is 108 Å². The Morgan fingerprint density at radius 2 is 2.22 bits per heavy atom. The van der Waals surface area contributed by atoms with Crippen molar-refractivity contribution in [3.63, 3.8) is 0 Å². The van der Waals surface area contributed by atoms with Crippen molar-refractivity contribution in [1.82, 2.24) is 5.32 Å². The first-order valence-electron chi connectivity index (χ1n) is 5.52. The second kappa shape index (κ2) is 5.64. The number of anilines is 1. The monoisotopic (exact) mass is 264 g/mol. The maximum atomic E-state index is 13.5. The number of hydrogen-bond donors (Lipinski definition) is 2. The standard InChI is InChI=1S/C13H13FN2OS/c14-12-8-9(15)3-4-11(12)13(17)16-6-5-10-2-1-7-18-10/h1-4,7-8H,5-6,15H2,(H,16,17). The van der Waals surface area contributed by atoms with E-state index < -0.39 is 11.7 Å². The quantitative estimate of drug-likeness (QED) is 0.833. The number of nitrogen functional groups attached to an aromatic ring is 1. The fourth-order valence-corrected chi connectivity index (χ4v) is 2.27. The topological polar surface area (TPSA) is 55.1 Å². The van der Waals surface area contributed by atoms with Crippen molar-refractivity contribution in [2.75, 3.05) is 12.3 Å². The van der Waals surface area contributed by atoms with Gasteiger partial charge in [-0.3, -0.25) is 4.79 Å². The minimum atomic E-state index is -0.594. The highest BCUT2D eigenvalue weighted by molar-refractivity contribution is 7.09. The molecule has 0 atom stereocenters. The summed E-state index contributed by atoms with van der Waals surface area (Å²) < 4.78 is 13.5. The molecule has 18 heavy (non-hydrogen) atoms. The molecule has 1 aromatic heterocycles. The van der Waals surface area contributed by atoms with Crippen LogP contribution in [0.1, 0.15) is 15.2 Å². The predicted molar refractivity (Wildman–Crippen MR) is 71.2 cm³/mol. The van der Waals surface area contributed by atoms with Crippen molar-refractivity contribution in [3.8, 4) is 0 Å². The molecular formula is C13H13FN2OS. The molecule has 0 saturated heterocycles. The Balaban J connectivity index is 1.91. The molecule has 1 heterocycles. The first kappa shape index (κ1) is 12.6. The maximum Gasteiger partial charge on any atom is 0.254 e. The van der Waals surface area contributed by atoms with Crippen LogP contribution in [0.25, 0.3) is 0 Å². The number of hydrogen-bond acceptors (Lipinski definition) is 3. The van der Waals surface area contributed by atoms with E-state index >= 15 is 0 Å². The first-order chi connectivity index (χ1) is 8.66. The van der Waals surface area contributed by atoms with Crippen molar-refractivity contribution >= 4 is 22.9 Å². The first-order valence-corrected chi connectivity index (χ1v) is 6.40. The summed E-state index contributed by atoms with van der Waals surface area (Å²) in [5.41, 5.74) is 5.75. The molecule has 1 aromatic carbocycles. The number of nitrogens with two attached hydrogens (primary N) is 1. The third-order valence-electron chi connectivity index (χ3n) is 2.47. The number of carbonyl (C=O) groups excluding carboxylic acids is 1. The Kier molecular flexibility index (Phi) is 3.94. The molecule has 0 fully saturated rings. The Morgan fingerprint density at radius 1 is 1.39 bits per heavy atom. The summed E-state index contributed by atoms with van der Waals surface area (Å²) in [5.74, 6) is -1.01. The molecule has 1 amide bonds. The van der Waals surface area contributed by atoms with Crippen molar-refractivity contribution in [2.24, 2.45) is 0 Å². The van der Waals surface area contributed by atoms with Crippen LogP contribution in [0.5, 0.6) is 0 Å². The zero-order valence-electron chi connectivity index (χ0n) is 9.65. The zero-order chi connectivity index (χ0) is 13.0. The van der Waals surface area contributed by atoms with Gasteiger partial charge in [-0.25, -0.2) is 4.39 Å². The second-order valence-electron chi connectivity index (χ2n) is 3.82. The number of rotatable bonds is 4. The van der Waals surface area contributed by atoms with E-state index in [2.05, 4.69) is 5.32 Å². The number of carbonyl (C=O) groups is 1. The fraction of sp³-hybridized carbons (Fsp3) is 0.154. The number of halogens is 1. The van der Waals surface area contributed by atoms with Gasteiger partial charge in [-0.2, -0.15) is 0 Å². The van der Waals surface area contributed by atoms with Crippen LogP contribution in [0.4, 0.5) is 10.1 Å². The summed E-state index contributed by atoms with van der Waals surface area (Å²) in [6.07, 6.45) is 0.750. The lowest BCUT2D eigenvalue weighted by Gasteiger charge is -2.05. The van der Waals surface area contributed by atoms with Gasteiger partial charge in [0.25, 0.3) is 5.91 Å². The summed E-state index contributed by atoms with van der Waals surface area (Å²) in [5, 5.41) is 4.67. The third kappa shape index (κ3) is 3.07. The third-order valence-corrected chi connectivity index (χ3v) is 3.41. The van der Waals surface area contributed by atoms with E-state index in [9.17, 15) is 9.18 Å². The van der Waals surface area contributed by atoms with Crippen LogP contribution < -0.4 is 11.1 Å². The summed E-state index contributed by atoms with van der Waals surface area (Å²) >= 11 is 1.63. The lowest BCUT2D eigenvalue weighted by Crippen LogP contribution is -2.26. The molecule has 3 N–H and O–H groups in total. The van der Waals surface area contributed by atoms with E-state index in [0.29, 0.717) is 12.2 Å². The van der Waals surface area contributed by atoms with Crippen LogP contribution in [0.2, 0.25) is 0 Å². The van der Waals surface area contributed by atoms with Gasteiger partial charge in [-0.15, -0.1) is 11.3 Å². The van der Waals surface area contributed by atoms with Gasteiger partial charge < -0.3 is 11.1 Å². The number of amides is 1. The molecule has 0 saturated carbocycles. The van der Waals surface area contributed by atoms with Gasteiger partial charge in [-0.1, -0.05) is 6.07 Å². The highest BCUT2D eigenvalue weighted by Crippen LogP contribution is 2.12. The smallest absolute Gasteiger partial charge is 0.254 e. The van der Waals surface area contributed by atoms with Crippen molar-refractivity contribution in [1.29, 1.82) is 0 Å². The normalized spacial score (nSPS) is 10.3.